The van der Waals surface area contributed by atoms with Gasteiger partial charge in [-0.1, -0.05) is 48.6 Å². The van der Waals surface area contributed by atoms with Gasteiger partial charge >= 0.3 is 5.97 Å². The molecule has 0 aliphatic carbocycles. The van der Waals surface area contributed by atoms with Crippen LogP contribution in [-0.4, -0.2) is 48.0 Å². The number of hydrogen-bond donors (Lipinski definition) is 1. The number of ether oxygens (including phenoxy) is 2. The van der Waals surface area contributed by atoms with Crippen LogP contribution in [0.2, 0.25) is 0 Å². The Morgan fingerprint density at radius 1 is 1.21 bits per heavy atom. The predicted molar refractivity (Wildman–Crippen MR) is 170 cm³/mol. The number of carbonyl (C=O) groups is 1. The number of benzene rings is 2. The molecule has 1 N–H and O–H groups in total. The van der Waals surface area contributed by atoms with E-state index in [1.54, 1.807) is 6.08 Å². The lowest BCUT2D eigenvalue weighted by Crippen LogP contribution is -2.35. The van der Waals surface area contributed by atoms with Crippen molar-refractivity contribution in [3.63, 3.8) is 0 Å². The molecular formula is C35H40N2O4S. The standard InChI is InChI=1S/C35H40N2O4S/c1-5-6-7-32(31-22-42-34(25(31)4)35(38)39)36-17-29-16-23(2)8-11-33(29)41-21-28-10-9-27-19-37(14-12-30(27)24(28)3)18-26-13-15-40-20-26/h5-11,16,22,26H,1,12-15,17-21H2,2-4H3,(H,38,39)/b7-6-,36-32?. The van der Waals surface area contributed by atoms with Gasteiger partial charge in [-0.15, -0.1) is 11.3 Å². The number of hydrogen-bond acceptors (Lipinski definition) is 6. The minimum atomic E-state index is -0.917. The highest BCUT2D eigenvalue weighted by atomic mass is 32.1. The molecule has 0 saturated carbocycles. The molecule has 42 heavy (non-hydrogen) atoms. The third-order valence-electron chi connectivity index (χ3n) is 8.34. The highest BCUT2D eigenvalue weighted by Crippen LogP contribution is 2.29. The molecule has 5 rings (SSSR count). The van der Waals surface area contributed by atoms with Crippen molar-refractivity contribution in [3.8, 4) is 5.75 Å². The smallest absolute Gasteiger partial charge is 0.346 e. The van der Waals surface area contributed by atoms with Crippen molar-refractivity contribution in [2.45, 2.75) is 53.3 Å². The fraction of sp³-hybridized carbons (Fsp3) is 0.371. The fourth-order valence-corrected chi connectivity index (χ4v) is 6.84. The summed E-state index contributed by atoms with van der Waals surface area (Å²) in [6.45, 7) is 15.8. The second-order valence-electron chi connectivity index (χ2n) is 11.3. The highest BCUT2D eigenvalue weighted by Gasteiger charge is 2.24. The summed E-state index contributed by atoms with van der Waals surface area (Å²) in [5, 5.41) is 11.4. The fourth-order valence-electron chi connectivity index (χ4n) is 5.92. The van der Waals surface area contributed by atoms with Gasteiger partial charge in [-0.3, -0.25) is 9.89 Å². The first-order valence-corrected chi connectivity index (χ1v) is 15.5. The van der Waals surface area contributed by atoms with E-state index in [1.807, 2.05) is 30.5 Å². The number of aryl methyl sites for hydroxylation is 1. The predicted octanol–water partition coefficient (Wildman–Crippen LogP) is 7.08. The van der Waals surface area contributed by atoms with Crippen molar-refractivity contribution in [2.24, 2.45) is 10.9 Å². The van der Waals surface area contributed by atoms with Gasteiger partial charge in [0.2, 0.25) is 0 Å². The maximum Gasteiger partial charge on any atom is 0.346 e. The van der Waals surface area contributed by atoms with Crippen molar-refractivity contribution < 1.29 is 19.4 Å². The van der Waals surface area contributed by atoms with Gasteiger partial charge in [-0.2, -0.15) is 0 Å². The maximum atomic E-state index is 11.6. The molecular weight excluding hydrogens is 544 g/mol. The summed E-state index contributed by atoms with van der Waals surface area (Å²) in [6, 6.07) is 10.7. The molecule has 0 spiro atoms. The topological polar surface area (TPSA) is 71.4 Å². The number of carboxylic acids is 1. The first-order chi connectivity index (χ1) is 20.3. The van der Waals surface area contributed by atoms with Crippen LogP contribution in [0.25, 0.3) is 0 Å². The van der Waals surface area contributed by atoms with Crippen LogP contribution in [0, 0.1) is 26.7 Å². The molecule has 2 aliphatic rings. The summed E-state index contributed by atoms with van der Waals surface area (Å²) in [4.78, 5) is 19.4. The van der Waals surface area contributed by atoms with Gasteiger partial charge < -0.3 is 14.6 Å². The Bertz CT molecular complexity index is 1510. The van der Waals surface area contributed by atoms with Crippen LogP contribution >= 0.6 is 11.3 Å². The monoisotopic (exact) mass is 584 g/mol. The molecule has 1 atom stereocenters. The van der Waals surface area contributed by atoms with Gasteiger partial charge in [0.15, 0.2) is 0 Å². The molecule has 7 heteroatoms. The van der Waals surface area contributed by atoms with Gasteiger partial charge in [0.25, 0.3) is 0 Å². The summed E-state index contributed by atoms with van der Waals surface area (Å²) >= 11 is 1.22. The molecule has 2 aromatic carbocycles. The van der Waals surface area contributed by atoms with Crippen molar-refractivity contribution in [1.82, 2.24) is 4.90 Å². The summed E-state index contributed by atoms with van der Waals surface area (Å²) in [5.41, 5.74) is 9.85. The number of allylic oxidation sites excluding steroid dienone is 3. The van der Waals surface area contributed by atoms with Gasteiger partial charge in [-0.05, 0) is 79.5 Å². The summed E-state index contributed by atoms with van der Waals surface area (Å²) in [7, 11) is 0. The lowest BCUT2D eigenvalue weighted by atomic mass is 9.91. The first-order valence-electron chi connectivity index (χ1n) is 14.6. The van der Waals surface area contributed by atoms with E-state index in [2.05, 4.69) is 49.6 Å². The van der Waals surface area contributed by atoms with Crippen molar-refractivity contribution in [2.75, 3.05) is 26.3 Å². The van der Waals surface area contributed by atoms with E-state index in [4.69, 9.17) is 14.5 Å². The Hall–Kier alpha value is -3.52. The Morgan fingerprint density at radius 3 is 2.81 bits per heavy atom. The average molecular weight is 585 g/mol. The van der Waals surface area contributed by atoms with Crippen molar-refractivity contribution in [1.29, 1.82) is 0 Å². The Morgan fingerprint density at radius 2 is 2.07 bits per heavy atom. The second-order valence-corrected chi connectivity index (χ2v) is 12.2. The lowest BCUT2D eigenvalue weighted by Gasteiger charge is -2.32. The van der Waals surface area contributed by atoms with E-state index in [0.717, 1.165) is 73.0 Å². The lowest BCUT2D eigenvalue weighted by molar-refractivity contribution is 0.0701. The molecule has 2 aliphatic heterocycles. The third-order valence-corrected chi connectivity index (χ3v) is 9.41. The zero-order valence-electron chi connectivity index (χ0n) is 24.8. The quantitative estimate of drug-likeness (QED) is 0.193. The molecule has 1 saturated heterocycles. The number of fused-ring (bicyclic) bond motifs is 1. The first kappa shape index (κ1) is 30.0. The van der Waals surface area contributed by atoms with E-state index in [0.29, 0.717) is 23.9 Å². The largest absolute Gasteiger partial charge is 0.489 e. The van der Waals surface area contributed by atoms with Crippen molar-refractivity contribution in [3.05, 3.63) is 110 Å². The number of carboxylic acid groups (broad SMARTS) is 1. The normalized spacial score (nSPS) is 17.5. The van der Waals surface area contributed by atoms with Gasteiger partial charge in [0.1, 0.15) is 17.2 Å². The Labute approximate surface area is 253 Å². The van der Waals surface area contributed by atoms with Crippen LogP contribution in [0.5, 0.6) is 5.75 Å². The Balaban J connectivity index is 1.31. The van der Waals surface area contributed by atoms with Crippen LogP contribution in [0.1, 0.15) is 60.6 Å². The molecule has 3 aromatic rings. The maximum absolute atomic E-state index is 11.6. The van der Waals surface area contributed by atoms with Crippen LogP contribution in [0.3, 0.4) is 0 Å². The Kier molecular flexibility index (Phi) is 9.73. The highest BCUT2D eigenvalue weighted by molar-refractivity contribution is 7.12. The second kappa shape index (κ2) is 13.6. The van der Waals surface area contributed by atoms with Crippen LogP contribution < -0.4 is 4.74 Å². The van der Waals surface area contributed by atoms with E-state index in [1.165, 1.54) is 40.0 Å². The molecule has 0 amide bonds. The summed E-state index contributed by atoms with van der Waals surface area (Å²) in [5.74, 6) is 0.560. The zero-order chi connectivity index (χ0) is 29.6. The van der Waals surface area contributed by atoms with Crippen molar-refractivity contribution >= 4 is 23.0 Å². The van der Waals surface area contributed by atoms with Gasteiger partial charge in [0, 0.05) is 42.7 Å². The summed E-state index contributed by atoms with van der Waals surface area (Å²) < 4.78 is 12.0. The van der Waals surface area contributed by atoms with Crippen LogP contribution in [-0.2, 0) is 30.9 Å². The number of nitrogens with zero attached hydrogens (tertiary/aromatic N) is 2. The van der Waals surface area contributed by atoms with Crippen LogP contribution in [0.15, 0.2) is 65.5 Å². The zero-order valence-corrected chi connectivity index (χ0v) is 25.6. The SMILES string of the molecule is C=C/C=C\C(=NCc1cc(C)ccc1OCc1ccc2c(c1C)CCN(CC1CCOC1)C2)c1csc(C(=O)O)c1C. The average Bonchev–Trinajstić information content (AvgIpc) is 3.63. The molecule has 220 valence electrons. The summed E-state index contributed by atoms with van der Waals surface area (Å²) in [6.07, 6.45) is 7.64. The number of thiophene rings is 1. The minimum absolute atomic E-state index is 0.334. The molecule has 1 aromatic heterocycles. The van der Waals surface area contributed by atoms with E-state index in [9.17, 15) is 9.90 Å². The van der Waals surface area contributed by atoms with Crippen LogP contribution in [0.4, 0.5) is 0 Å². The molecule has 3 heterocycles. The van der Waals surface area contributed by atoms with Gasteiger partial charge in [0.05, 0.1) is 18.9 Å². The number of aromatic carboxylic acids is 1. The minimum Gasteiger partial charge on any atom is -0.489 e. The molecule has 1 unspecified atom stereocenters. The van der Waals surface area contributed by atoms with E-state index in [-0.39, 0.29) is 0 Å². The number of rotatable bonds is 11. The molecule has 6 nitrogen and oxygen atoms in total. The molecule has 0 radical (unpaired) electrons. The number of aliphatic imine (C=N–C) groups is 1. The van der Waals surface area contributed by atoms with E-state index >= 15 is 0 Å². The van der Waals surface area contributed by atoms with Gasteiger partial charge in [-0.25, -0.2) is 4.79 Å². The third kappa shape index (κ3) is 6.92. The molecule has 0 bridgehead atoms. The molecule has 1 fully saturated rings. The van der Waals surface area contributed by atoms with E-state index < -0.39 is 5.97 Å².